The van der Waals surface area contributed by atoms with Crippen molar-refractivity contribution in [2.45, 2.75) is 19.9 Å². The second-order valence-corrected chi connectivity index (χ2v) is 6.33. The van der Waals surface area contributed by atoms with Gasteiger partial charge < -0.3 is 15.0 Å². The molecule has 0 bridgehead atoms. The van der Waals surface area contributed by atoms with Crippen LogP contribution in [-0.2, 0) is 4.74 Å². The van der Waals surface area contributed by atoms with E-state index < -0.39 is 0 Å². The van der Waals surface area contributed by atoms with Crippen molar-refractivity contribution in [1.29, 1.82) is 0 Å². The Morgan fingerprint density at radius 3 is 2.64 bits per heavy atom. The molecular weight excluding hydrogens is 316 g/mol. The second-order valence-electron chi connectivity index (χ2n) is 6.33. The zero-order valence-electron chi connectivity index (χ0n) is 14.5. The lowest BCUT2D eigenvalue weighted by atomic mass is 10.1. The highest BCUT2D eigenvalue weighted by Crippen LogP contribution is 2.17. The van der Waals surface area contributed by atoms with E-state index in [1.54, 1.807) is 30.3 Å². The van der Waals surface area contributed by atoms with E-state index in [0.717, 1.165) is 5.56 Å². The first-order valence-electron chi connectivity index (χ1n) is 8.41. The van der Waals surface area contributed by atoms with Gasteiger partial charge in [-0.15, -0.1) is 0 Å². The molecule has 0 spiro atoms. The quantitative estimate of drug-likeness (QED) is 0.935. The van der Waals surface area contributed by atoms with Gasteiger partial charge in [-0.1, -0.05) is 23.8 Å². The molecule has 0 aliphatic carbocycles. The van der Waals surface area contributed by atoms with E-state index in [2.05, 4.69) is 5.32 Å². The van der Waals surface area contributed by atoms with Crippen molar-refractivity contribution in [3.8, 4) is 0 Å². The van der Waals surface area contributed by atoms with Gasteiger partial charge in [0, 0.05) is 23.4 Å². The maximum absolute atomic E-state index is 12.7. The molecule has 3 rings (SSSR count). The molecule has 1 aliphatic heterocycles. The molecule has 2 aromatic rings. The van der Waals surface area contributed by atoms with Crippen LogP contribution in [0.25, 0.3) is 0 Å². The number of nitrogens with zero attached hydrogens (tertiary/aromatic N) is 1. The van der Waals surface area contributed by atoms with Crippen LogP contribution in [0, 0.1) is 6.92 Å². The molecular formula is C20H22N2O3. The highest BCUT2D eigenvalue weighted by Gasteiger charge is 2.24. The molecule has 130 valence electrons. The Bertz CT molecular complexity index is 788. The van der Waals surface area contributed by atoms with Gasteiger partial charge >= 0.3 is 0 Å². The molecule has 2 amide bonds. The van der Waals surface area contributed by atoms with Crippen molar-refractivity contribution in [3.05, 3.63) is 65.2 Å². The van der Waals surface area contributed by atoms with Gasteiger partial charge in [0.15, 0.2) is 0 Å². The third-order valence-corrected chi connectivity index (χ3v) is 4.28. The van der Waals surface area contributed by atoms with Gasteiger partial charge in [0.05, 0.1) is 19.3 Å². The molecule has 1 heterocycles. The van der Waals surface area contributed by atoms with Crippen LogP contribution in [0.3, 0.4) is 0 Å². The largest absolute Gasteiger partial charge is 0.377 e. The van der Waals surface area contributed by atoms with Crippen LogP contribution < -0.4 is 5.32 Å². The molecule has 1 unspecified atom stereocenters. The van der Waals surface area contributed by atoms with Gasteiger partial charge in [0.1, 0.15) is 0 Å². The summed E-state index contributed by atoms with van der Waals surface area (Å²) in [5, 5.41) is 2.86. The van der Waals surface area contributed by atoms with E-state index in [0.29, 0.717) is 36.6 Å². The van der Waals surface area contributed by atoms with Crippen molar-refractivity contribution in [2.24, 2.45) is 0 Å². The molecule has 1 fully saturated rings. The standard InChI is InChI=1S/C20H22N2O3/c1-14-5-3-6-16(11-14)19(23)21-18-8-4-7-17(12-18)20(24)22-9-10-25-13-15(22)2/h3-8,11-12,15H,9-10,13H2,1-2H3,(H,21,23). The lowest BCUT2D eigenvalue weighted by Crippen LogP contribution is -2.47. The smallest absolute Gasteiger partial charge is 0.255 e. The minimum absolute atomic E-state index is 0.0394. The summed E-state index contributed by atoms with van der Waals surface area (Å²) in [5.74, 6) is -0.226. The van der Waals surface area contributed by atoms with E-state index in [1.165, 1.54) is 0 Å². The molecule has 0 aromatic heterocycles. The first-order chi connectivity index (χ1) is 12.0. The zero-order valence-corrected chi connectivity index (χ0v) is 14.5. The molecule has 1 atom stereocenters. The summed E-state index contributed by atoms with van der Waals surface area (Å²) in [4.78, 5) is 26.9. The van der Waals surface area contributed by atoms with E-state index in [1.807, 2.05) is 36.9 Å². The predicted molar refractivity (Wildman–Crippen MR) is 96.9 cm³/mol. The summed E-state index contributed by atoms with van der Waals surface area (Å²) in [5.41, 5.74) is 2.80. The molecule has 1 N–H and O–H groups in total. The first kappa shape index (κ1) is 17.2. The topological polar surface area (TPSA) is 58.6 Å². The Kier molecular flexibility index (Phi) is 5.14. The number of aryl methyl sites for hydroxylation is 1. The molecule has 5 nitrogen and oxygen atoms in total. The van der Waals surface area contributed by atoms with Crippen LogP contribution in [0.1, 0.15) is 33.2 Å². The lowest BCUT2D eigenvalue weighted by molar-refractivity contribution is 0.00359. The Balaban J connectivity index is 1.75. The first-order valence-corrected chi connectivity index (χ1v) is 8.41. The fourth-order valence-electron chi connectivity index (χ4n) is 2.91. The SMILES string of the molecule is Cc1cccc(C(=O)Nc2cccc(C(=O)N3CCOCC3C)c2)c1. The number of morpholine rings is 1. The Morgan fingerprint density at radius 1 is 1.12 bits per heavy atom. The average molecular weight is 338 g/mol. The minimum Gasteiger partial charge on any atom is -0.377 e. The zero-order chi connectivity index (χ0) is 17.8. The summed E-state index contributed by atoms with van der Waals surface area (Å²) in [6.07, 6.45) is 0. The molecule has 1 aliphatic rings. The summed E-state index contributed by atoms with van der Waals surface area (Å²) in [6, 6.07) is 14.5. The average Bonchev–Trinajstić information content (AvgIpc) is 2.62. The summed E-state index contributed by atoms with van der Waals surface area (Å²) in [7, 11) is 0. The Labute approximate surface area is 147 Å². The maximum atomic E-state index is 12.7. The Hall–Kier alpha value is -2.66. The van der Waals surface area contributed by atoms with Crippen molar-refractivity contribution in [3.63, 3.8) is 0 Å². The minimum atomic E-state index is -0.187. The van der Waals surface area contributed by atoms with Crippen molar-refractivity contribution < 1.29 is 14.3 Å². The van der Waals surface area contributed by atoms with Gasteiger partial charge in [0.25, 0.3) is 11.8 Å². The van der Waals surface area contributed by atoms with Gasteiger partial charge in [-0.2, -0.15) is 0 Å². The summed E-state index contributed by atoms with van der Waals surface area (Å²) >= 11 is 0. The van der Waals surface area contributed by atoms with E-state index in [-0.39, 0.29) is 17.9 Å². The number of benzene rings is 2. The maximum Gasteiger partial charge on any atom is 0.255 e. The summed E-state index contributed by atoms with van der Waals surface area (Å²) in [6.45, 7) is 5.61. The normalized spacial score (nSPS) is 17.2. The number of ether oxygens (including phenoxy) is 1. The summed E-state index contributed by atoms with van der Waals surface area (Å²) < 4.78 is 5.38. The molecule has 5 heteroatoms. The van der Waals surface area contributed by atoms with E-state index in [9.17, 15) is 9.59 Å². The van der Waals surface area contributed by atoms with Crippen LogP contribution in [0.4, 0.5) is 5.69 Å². The van der Waals surface area contributed by atoms with Crippen LogP contribution >= 0.6 is 0 Å². The third-order valence-electron chi connectivity index (χ3n) is 4.28. The van der Waals surface area contributed by atoms with Crippen molar-refractivity contribution in [2.75, 3.05) is 25.1 Å². The van der Waals surface area contributed by atoms with Gasteiger partial charge in [0.2, 0.25) is 0 Å². The third kappa shape index (κ3) is 4.06. The van der Waals surface area contributed by atoms with Crippen LogP contribution in [-0.4, -0.2) is 42.5 Å². The molecule has 1 saturated heterocycles. The number of anilines is 1. The van der Waals surface area contributed by atoms with Gasteiger partial charge in [-0.05, 0) is 44.2 Å². The molecule has 0 saturated carbocycles. The highest BCUT2D eigenvalue weighted by atomic mass is 16.5. The number of carbonyl (C=O) groups excluding carboxylic acids is 2. The van der Waals surface area contributed by atoms with Crippen LogP contribution in [0.15, 0.2) is 48.5 Å². The number of hydrogen-bond acceptors (Lipinski definition) is 3. The van der Waals surface area contributed by atoms with E-state index >= 15 is 0 Å². The molecule has 2 aromatic carbocycles. The lowest BCUT2D eigenvalue weighted by Gasteiger charge is -2.33. The van der Waals surface area contributed by atoms with Crippen molar-refractivity contribution >= 4 is 17.5 Å². The molecule has 25 heavy (non-hydrogen) atoms. The van der Waals surface area contributed by atoms with Crippen LogP contribution in [0.5, 0.6) is 0 Å². The number of amides is 2. The number of carbonyl (C=O) groups is 2. The number of rotatable bonds is 3. The predicted octanol–water partition coefficient (Wildman–Crippen LogP) is 3.11. The molecule has 0 radical (unpaired) electrons. The highest BCUT2D eigenvalue weighted by molar-refractivity contribution is 6.05. The number of nitrogens with one attached hydrogen (secondary N) is 1. The Morgan fingerprint density at radius 2 is 1.88 bits per heavy atom. The monoisotopic (exact) mass is 338 g/mol. The van der Waals surface area contributed by atoms with Crippen LogP contribution in [0.2, 0.25) is 0 Å². The fourth-order valence-corrected chi connectivity index (χ4v) is 2.91. The number of hydrogen-bond donors (Lipinski definition) is 1. The van der Waals surface area contributed by atoms with Crippen molar-refractivity contribution in [1.82, 2.24) is 4.90 Å². The second kappa shape index (κ2) is 7.49. The van der Waals surface area contributed by atoms with E-state index in [4.69, 9.17) is 4.74 Å². The van der Waals surface area contributed by atoms with Gasteiger partial charge in [-0.25, -0.2) is 0 Å². The fraction of sp³-hybridized carbons (Fsp3) is 0.300. The van der Waals surface area contributed by atoms with Gasteiger partial charge in [-0.3, -0.25) is 9.59 Å².